The number of aromatic amines is 1. The number of nitrogens with one attached hydrogen (secondary N) is 1. The fourth-order valence-electron chi connectivity index (χ4n) is 2.04. The smallest absolute Gasteiger partial charge is 0.137 e. The summed E-state index contributed by atoms with van der Waals surface area (Å²) in [4.78, 5) is 7.22. The Bertz CT molecular complexity index is 708. The number of hydrogen-bond donors (Lipinski definition) is 1. The summed E-state index contributed by atoms with van der Waals surface area (Å²) in [5.41, 5.74) is 2.07. The van der Waals surface area contributed by atoms with E-state index in [1.807, 2.05) is 0 Å². The van der Waals surface area contributed by atoms with Crippen LogP contribution in [0, 0.1) is 5.82 Å². The number of hydrogen-bond acceptors (Lipinski definition) is 1. The zero-order valence-electron chi connectivity index (χ0n) is 9.90. The van der Waals surface area contributed by atoms with E-state index < -0.39 is 0 Å². The Kier molecular flexibility index (Phi) is 3.05. The quantitative estimate of drug-likeness (QED) is 0.729. The van der Waals surface area contributed by atoms with E-state index in [0.29, 0.717) is 16.4 Å². The van der Waals surface area contributed by atoms with Crippen molar-refractivity contribution in [2.45, 2.75) is 0 Å². The van der Waals surface area contributed by atoms with Gasteiger partial charge in [-0.05, 0) is 23.8 Å². The van der Waals surface area contributed by atoms with Crippen LogP contribution in [0.2, 0.25) is 5.02 Å². The first-order valence-corrected chi connectivity index (χ1v) is 6.18. The van der Waals surface area contributed by atoms with Gasteiger partial charge >= 0.3 is 0 Å². The summed E-state index contributed by atoms with van der Waals surface area (Å²) in [5.74, 6) is 0.401. The highest BCUT2D eigenvalue weighted by Gasteiger charge is 2.12. The molecule has 0 atom stereocenters. The Labute approximate surface area is 114 Å². The van der Waals surface area contributed by atoms with Crippen LogP contribution in [0.15, 0.2) is 54.9 Å². The summed E-state index contributed by atoms with van der Waals surface area (Å²) in [5, 5.41) is 0.589. The van der Waals surface area contributed by atoms with Crippen LogP contribution in [0.1, 0.15) is 0 Å². The van der Waals surface area contributed by atoms with Crippen LogP contribution in [-0.2, 0) is 0 Å². The van der Waals surface area contributed by atoms with Crippen molar-refractivity contribution < 1.29 is 4.39 Å². The largest absolute Gasteiger partial charge is 0.345 e. The van der Waals surface area contributed by atoms with Gasteiger partial charge in [0.15, 0.2) is 0 Å². The standard InChI is InChI=1S/C15H10ClFN2/c16-10-5-6-11(12-3-1-2-4-14(12)17)13(9-10)15-18-7-8-19-15/h1-9H,(H,18,19). The van der Waals surface area contributed by atoms with Crippen LogP contribution >= 0.6 is 11.6 Å². The molecule has 1 heterocycles. The minimum Gasteiger partial charge on any atom is -0.345 e. The second-order valence-corrected chi connectivity index (χ2v) is 4.54. The number of H-pyrrole nitrogens is 1. The Morgan fingerprint density at radius 3 is 2.58 bits per heavy atom. The normalized spacial score (nSPS) is 10.6. The van der Waals surface area contributed by atoms with Crippen molar-refractivity contribution in [3.63, 3.8) is 0 Å². The average Bonchev–Trinajstić information content (AvgIpc) is 2.93. The number of nitrogens with zero attached hydrogens (tertiary/aromatic N) is 1. The lowest BCUT2D eigenvalue weighted by molar-refractivity contribution is 0.631. The van der Waals surface area contributed by atoms with E-state index in [1.165, 1.54) is 6.07 Å². The number of aromatic nitrogens is 2. The monoisotopic (exact) mass is 272 g/mol. The number of benzene rings is 2. The lowest BCUT2D eigenvalue weighted by Crippen LogP contribution is -1.90. The van der Waals surface area contributed by atoms with Crippen LogP contribution in [0.4, 0.5) is 4.39 Å². The van der Waals surface area contributed by atoms with Crippen molar-refractivity contribution in [2.24, 2.45) is 0 Å². The fraction of sp³-hybridized carbons (Fsp3) is 0. The molecule has 0 radical (unpaired) electrons. The Balaban J connectivity index is 2.25. The Morgan fingerprint density at radius 2 is 1.84 bits per heavy atom. The van der Waals surface area contributed by atoms with Crippen molar-refractivity contribution in [1.29, 1.82) is 0 Å². The summed E-state index contributed by atoms with van der Waals surface area (Å²) < 4.78 is 13.9. The molecule has 0 aliphatic carbocycles. The first-order chi connectivity index (χ1) is 9.25. The maximum atomic E-state index is 13.9. The molecule has 0 unspecified atom stereocenters. The van der Waals surface area contributed by atoms with Gasteiger partial charge in [-0.1, -0.05) is 35.9 Å². The molecule has 3 rings (SSSR count). The van der Waals surface area contributed by atoms with Crippen molar-refractivity contribution >= 4 is 11.6 Å². The van der Waals surface area contributed by atoms with E-state index in [0.717, 1.165) is 11.1 Å². The van der Waals surface area contributed by atoms with Gasteiger partial charge in [-0.15, -0.1) is 0 Å². The van der Waals surface area contributed by atoms with Gasteiger partial charge in [0.25, 0.3) is 0 Å². The first-order valence-electron chi connectivity index (χ1n) is 5.80. The van der Waals surface area contributed by atoms with Crippen molar-refractivity contribution in [1.82, 2.24) is 9.97 Å². The SMILES string of the molecule is Fc1ccccc1-c1ccc(Cl)cc1-c1ncc[nH]1. The predicted molar refractivity (Wildman–Crippen MR) is 74.4 cm³/mol. The lowest BCUT2D eigenvalue weighted by atomic mass is 9.99. The number of imidazole rings is 1. The van der Waals surface area contributed by atoms with Gasteiger partial charge in [-0.3, -0.25) is 0 Å². The van der Waals surface area contributed by atoms with Gasteiger partial charge in [-0.2, -0.15) is 0 Å². The van der Waals surface area contributed by atoms with Crippen LogP contribution in [0.5, 0.6) is 0 Å². The minimum absolute atomic E-state index is 0.266. The van der Waals surface area contributed by atoms with Gasteiger partial charge in [0.1, 0.15) is 11.6 Å². The highest BCUT2D eigenvalue weighted by molar-refractivity contribution is 6.31. The highest BCUT2D eigenvalue weighted by Crippen LogP contribution is 2.33. The molecule has 4 heteroatoms. The van der Waals surface area contributed by atoms with Crippen molar-refractivity contribution in [2.75, 3.05) is 0 Å². The van der Waals surface area contributed by atoms with Gasteiger partial charge in [0.2, 0.25) is 0 Å². The van der Waals surface area contributed by atoms with E-state index in [9.17, 15) is 4.39 Å². The molecule has 0 saturated carbocycles. The Hall–Kier alpha value is -2.13. The summed E-state index contributed by atoms with van der Waals surface area (Å²) in [6.45, 7) is 0. The molecule has 0 amide bonds. The molecule has 0 aliphatic rings. The van der Waals surface area contributed by atoms with Crippen LogP contribution < -0.4 is 0 Å². The molecule has 0 spiro atoms. The van der Waals surface area contributed by atoms with Crippen LogP contribution in [0.3, 0.4) is 0 Å². The Morgan fingerprint density at radius 1 is 1.00 bits per heavy atom. The van der Waals surface area contributed by atoms with Crippen LogP contribution in [0.25, 0.3) is 22.5 Å². The van der Waals surface area contributed by atoms with E-state index in [2.05, 4.69) is 9.97 Å². The number of rotatable bonds is 2. The third-order valence-electron chi connectivity index (χ3n) is 2.90. The lowest BCUT2D eigenvalue weighted by Gasteiger charge is -2.09. The highest BCUT2D eigenvalue weighted by atomic mass is 35.5. The minimum atomic E-state index is -0.266. The maximum Gasteiger partial charge on any atom is 0.137 e. The third-order valence-corrected chi connectivity index (χ3v) is 3.13. The van der Waals surface area contributed by atoms with E-state index in [1.54, 1.807) is 48.8 Å². The second-order valence-electron chi connectivity index (χ2n) is 4.11. The summed E-state index contributed by atoms with van der Waals surface area (Å²) in [6.07, 6.45) is 3.38. The first kappa shape index (κ1) is 11.9. The molecule has 0 saturated heterocycles. The molecule has 2 aromatic carbocycles. The average molecular weight is 273 g/mol. The van der Waals surface area contributed by atoms with Crippen molar-refractivity contribution in [3.8, 4) is 22.5 Å². The van der Waals surface area contributed by atoms with E-state index in [-0.39, 0.29) is 5.82 Å². The van der Waals surface area contributed by atoms with Gasteiger partial charge < -0.3 is 4.98 Å². The maximum absolute atomic E-state index is 13.9. The van der Waals surface area contributed by atoms with Gasteiger partial charge in [0, 0.05) is 28.5 Å². The van der Waals surface area contributed by atoms with Gasteiger partial charge in [0.05, 0.1) is 0 Å². The number of halogens is 2. The molecule has 1 aromatic heterocycles. The van der Waals surface area contributed by atoms with E-state index in [4.69, 9.17) is 11.6 Å². The third kappa shape index (κ3) is 2.25. The zero-order valence-corrected chi connectivity index (χ0v) is 10.7. The molecule has 0 bridgehead atoms. The molecule has 19 heavy (non-hydrogen) atoms. The molecular formula is C15H10ClFN2. The fourth-order valence-corrected chi connectivity index (χ4v) is 2.21. The van der Waals surface area contributed by atoms with E-state index >= 15 is 0 Å². The summed E-state index contributed by atoms with van der Waals surface area (Å²) in [7, 11) is 0. The predicted octanol–water partition coefficient (Wildman–Crippen LogP) is 4.54. The molecule has 94 valence electrons. The zero-order chi connectivity index (χ0) is 13.2. The van der Waals surface area contributed by atoms with Gasteiger partial charge in [-0.25, -0.2) is 9.37 Å². The molecule has 1 N–H and O–H groups in total. The molecule has 3 aromatic rings. The topological polar surface area (TPSA) is 28.7 Å². The summed E-state index contributed by atoms with van der Waals surface area (Å²) >= 11 is 6.03. The second kappa shape index (κ2) is 4.86. The molecule has 2 nitrogen and oxygen atoms in total. The van der Waals surface area contributed by atoms with Crippen molar-refractivity contribution in [3.05, 3.63) is 65.7 Å². The van der Waals surface area contributed by atoms with Crippen LogP contribution in [-0.4, -0.2) is 9.97 Å². The molecular weight excluding hydrogens is 263 g/mol. The summed E-state index contributed by atoms with van der Waals surface area (Å²) in [6, 6.07) is 12.0. The molecule has 0 fully saturated rings. The molecule has 0 aliphatic heterocycles.